The van der Waals surface area contributed by atoms with Crippen LogP contribution in [0.25, 0.3) is 22.2 Å². The van der Waals surface area contributed by atoms with Crippen LogP contribution in [0.5, 0.6) is 5.75 Å². The molecule has 1 fully saturated rings. The summed E-state index contributed by atoms with van der Waals surface area (Å²) in [5.41, 5.74) is 3.82. The minimum absolute atomic E-state index is 0.0484. The highest BCUT2D eigenvalue weighted by molar-refractivity contribution is 6.19. The fraction of sp³-hybridized carbons (Fsp3) is 0.238. The number of nitrogens with zero attached hydrogens (tertiary/aromatic N) is 2. The fourth-order valence-electron chi connectivity index (χ4n) is 3.54. The summed E-state index contributed by atoms with van der Waals surface area (Å²) in [5.74, 6) is 0.622. The number of hydrogen-bond acceptors (Lipinski definition) is 3. The third-order valence-electron chi connectivity index (χ3n) is 4.77. The van der Waals surface area contributed by atoms with E-state index in [4.69, 9.17) is 4.74 Å². The number of anilines is 1. The third-order valence-corrected chi connectivity index (χ3v) is 4.77. The number of aromatic nitrogens is 1. The van der Waals surface area contributed by atoms with Gasteiger partial charge in [-0.2, -0.15) is 0 Å². The number of nitrogens with one attached hydrogen (secondary N) is 1. The number of carbonyl (C=O) groups excluding carboxylic acids is 2. The molecule has 6 nitrogen and oxygen atoms in total. The molecule has 0 bridgehead atoms. The molecular formula is C21H21N3O3. The van der Waals surface area contributed by atoms with Crippen molar-refractivity contribution in [3.05, 3.63) is 48.5 Å². The molecule has 1 aliphatic heterocycles. The third kappa shape index (κ3) is 2.93. The van der Waals surface area contributed by atoms with Gasteiger partial charge in [-0.25, -0.2) is 9.69 Å². The highest BCUT2D eigenvalue weighted by Gasteiger charge is 2.29. The number of ether oxygens (including phenoxy) is 1. The van der Waals surface area contributed by atoms with E-state index in [1.54, 1.807) is 12.1 Å². The average molecular weight is 363 g/mol. The maximum atomic E-state index is 11.9. The molecule has 1 aliphatic rings. The summed E-state index contributed by atoms with van der Waals surface area (Å²) in [4.78, 5) is 24.9. The van der Waals surface area contributed by atoms with E-state index >= 15 is 0 Å². The largest absolute Gasteiger partial charge is 0.494 e. The van der Waals surface area contributed by atoms with Gasteiger partial charge in [-0.3, -0.25) is 4.79 Å². The second-order valence-corrected chi connectivity index (χ2v) is 6.36. The Balaban J connectivity index is 1.73. The summed E-state index contributed by atoms with van der Waals surface area (Å²) in [6.45, 7) is 5.59. The van der Waals surface area contributed by atoms with Crippen LogP contribution in [0, 0.1) is 0 Å². The van der Waals surface area contributed by atoms with Gasteiger partial charge in [-0.05, 0) is 49.7 Å². The van der Waals surface area contributed by atoms with Crippen molar-refractivity contribution in [3.8, 4) is 17.0 Å². The topological polar surface area (TPSA) is 63.6 Å². The van der Waals surface area contributed by atoms with Gasteiger partial charge >= 0.3 is 6.03 Å². The monoisotopic (exact) mass is 363 g/mol. The molecule has 0 spiro atoms. The lowest BCUT2D eigenvalue weighted by atomic mass is 10.1. The van der Waals surface area contributed by atoms with E-state index in [0.29, 0.717) is 12.3 Å². The van der Waals surface area contributed by atoms with Crippen LogP contribution in [0.2, 0.25) is 0 Å². The van der Waals surface area contributed by atoms with E-state index in [9.17, 15) is 9.59 Å². The zero-order valence-corrected chi connectivity index (χ0v) is 15.4. The predicted octanol–water partition coefficient (Wildman–Crippen LogP) is 3.78. The SMILES string of the molecule is CCOc1ccc2cc(-c3ccc(N4C(=O)CNC4=O)cc3)n(CC)c2c1. The van der Waals surface area contributed by atoms with Crippen molar-refractivity contribution >= 4 is 28.5 Å². The van der Waals surface area contributed by atoms with Gasteiger partial charge < -0.3 is 14.6 Å². The molecule has 1 aromatic heterocycles. The molecule has 0 saturated carbocycles. The quantitative estimate of drug-likeness (QED) is 0.702. The van der Waals surface area contributed by atoms with Crippen molar-refractivity contribution in [3.63, 3.8) is 0 Å². The van der Waals surface area contributed by atoms with E-state index in [1.165, 1.54) is 4.90 Å². The highest BCUT2D eigenvalue weighted by Crippen LogP contribution is 2.32. The number of aryl methyl sites for hydroxylation is 1. The number of hydrogen-bond donors (Lipinski definition) is 1. The Morgan fingerprint density at radius 2 is 1.81 bits per heavy atom. The van der Waals surface area contributed by atoms with Crippen LogP contribution in [0.3, 0.4) is 0 Å². The van der Waals surface area contributed by atoms with E-state index in [-0.39, 0.29) is 18.5 Å². The Kier molecular flexibility index (Phi) is 4.32. The number of carbonyl (C=O) groups is 2. The zero-order valence-electron chi connectivity index (χ0n) is 15.4. The molecule has 0 radical (unpaired) electrons. The number of benzene rings is 2. The Morgan fingerprint density at radius 1 is 1.04 bits per heavy atom. The van der Waals surface area contributed by atoms with Gasteiger partial charge in [0.25, 0.3) is 5.91 Å². The van der Waals surface area contributed by atoms with Crippen LogP contribution >= 0.6 is 0 Å². The maximum absolute atomic E-state index is 11.9. The van der Waals surface area contributed by atoms with Gasteiger partial charge in [0.05, 0.1) is 24.4 Å². The Hall–Kier alpha value is -3.28. The molecule has 0 atom stereocenters. The zero-order chi connectivity index (χ0) is 19.0. The van der Waals surface area contributed by atoms with Crippen LogP contribution in [0.4, 0.5) is 10.5 Å². The van der Waals surface area contributed by atoms with Crippen molar-refractivity contribution in [1.29, 1.82) is 0 Å². The van der Waals surface area contributed by atoms with Gasteiger partial charge in [-0.1, -0.05) is 12.1 Å². The standard InChI is InChI=1S/C21H21N3O3/c1-3-23-18(11-15-7-10-17(27-4-2)12-19(15)23)14-5-8-16(9-6-14)24-20(25)13-22-21(24)26/h5-12H,3-4,13H2,1-2H3,(H,22,26). The van der Waals surface area contributed by atoms with Gasteiger partial charge in [0.15, 0.2) is 0 Å². The molecule has 1 saturated heterocycles. The minimum atomic E-state index is -0.376. The first-order chi connectivity index (χ1) is 13.1. The Morgan fingerprint density at radius 3 is 2.44 bits per heavy atom. The molecule has 138 valence electrons. The van der Waals surface area contributed by atoms with E-state index in [2.05, 4.69) is 35.0 Å². The van der Waals surface area contributed by atoms with E-state index in [0.717, 1.165) is 34.5 Å². The summed E-state index contributed by atoms with van der Waals surface area (Å²) in [5, 5.41) is 3.68. The Labute approximate surface area is 157 Å². The number of fused-ring (bicyclic) bond motifs is 1. The van der Waals surface area contributed by atoms with Crippen LogP contribution in [0.15, 0.2) is 48.5 Å². The van der Waals surface area contributed by atoms with E-state index in [1.807, 2.05) is 25.1 Å². The Bertz CT molecular complexity index is 1010. The van der Waals surface area contributed by atoms with Crippen molar-refractivity contribution in [2.24, 2.45) is 0 Å². The number of rotatable bonds is 5. The van der Waals surface area contributed by atoms with Crippen LogP contribution in [0.1, 0.15) is 13.8 Å². The summed E-state index contributed by atoms with van der Waals surface area (Å²) in [6, 6.07) is 15.4. The molecule has 27 heavy (non-hydrogen) atoms. The van der Waals surface area contributed by atoms with Crippen LogP contribution in [-0.2, 0) is 11.3 Å². The van der Waals surface area contributed by atoms with Crippen molar-refractivity contribution in [1.82, 2.24) is 9.88 Å². The molecule has 0 aliphatic carbocycles. The van der Waals surface area contributed by atoms with Crippen molar-refractivity contribution in [2.75, 3.05) is 18.1 Å². The molecule has 1 N–H and O–H groups in total. The van der Waals surface area contributed by atoms with Gasteiger partial charge in [0.1, 0.15) is 5.75 Å². The number of urea groups is 1. The molecule has 3 aromatic rings. The van der Waals surface area contributed by atoms with Crippen LogP contribution in [-0.4, -0.2) is 29.7 Å². The lowest BCUT2D eigenvalue weighted by molar-refractivity contribution is -0.115. The normalized spacial score (nSPS) is 14.1. The molecule has 4 rings (SSSR count). The highest BCUT2D eigenvalue weighted by atomic mass is 16.5. The first-order valence-corrected chi connectivity index (χ1v) is 9.09. The molecule has 0 unspecified atom stereocenters. The predicted molar refractivity (Wildman–Crippen MR) is 105 cm³/mol. The molecule has 2 heterocycles. The average Bonchev–Trinajstić information content (AvgIpc) is 3.21. The molecule has 3 amide bonds. The summed E-state index contributed by atoms with van der Waals surface area (Å²) < 4.78 is 7.87. The first kappa shape index (κ1) is 17.1. The second kappa shape index (κ2) is 6.79. The molecule has 2 aromatic carbocycles. The maximum Gasteiger partial charge on any atom is 0.329 e. The van der Waals surface area contributed by atoms with Crippen molar-refractivity contribution < 1.29 is 14.3 Å². The molecule has 6 heteroatoms. The fourth-order valence-corrected chi connectivity index (χ4v) is 3.54. The van der Waals surface area contributed by atoms with Crippen LogP contribution < -0.4 is 15.0 Å². The lowest BCUT2D eigenvalue weighted by Crippen LogP contribution is -2.30. The summed E-state index contributed by atoms with van der Waals surface area (Å²) in [7, 11) is 0. The minimum Gasteiger partial charge on any atom is -0.494 e. The van der Waals surface area contributed by atoms with Crippen molar-refractivity contribution in [2.45, 2.75) is 20.4 Å². The molecular weight excluding hydrogens is 342 g/mol. The van der Waals surface area contributed by atoms with E-state index < -0.39 is 0 Å². The smallest absolute Gasteiger partial charge is 0.329 e. The van der Waals surface area contributed by atoms with Gasteiger partial charge in [0.2, 0.25) is 0 Å². The lowest BCUT2D eigenvalue weighted by Gasteiger charge is -2.14. The second-order valence-electron chi connectivity index (χ2n) is 6.36. The number of imide groups is 1. The van der Waals surface area contributed by atoms with Gasteiger partial charge in [-0.15, -0.1) is 0 Å². The summed E-state index contributed by atoms with van der Waals surface area (Å²) >= 11 is 0. The van der Waals surface area contributed by atoms with Gasteiger partial charge in [0, 0.05) is 23.7 Å². The first-order valence-electron chi connectivity index (χ1n) is 9.09. The summed E-state index contributed by atoms with van der Waals surface area (Å²) in [6.07, 6.45) is 0. The number of amides is 3.